The Bertz CT molecular complexity index is 1230. The molecular weight excluding hydrogens is 483 g/mol. The number of anilines is 1. The van der Waals surface area contributed by atoms with Crippen molar-refractivity contribution in [3.63, 3.8) is 0 Å². The van der Waals surface area contributed by atoms with Crippen molar-refractivity contribution in [2.24, 2.45) is 5.10 Å². The molecule has 1 atom stereocenters. The molecule has 1 N–H and O–H groups in total. The second-order valence-electron chi connectivity index (χ2n) is 8.05. The Kier molecular flexibility index (Phi) is 6.64. The molecule has 1 heterocycles. The lowest BCUT2D eigenvalue weighted by Crippen LogP contribution is -2.38. The SMILES string of the molecule is CSc1cc(NC(=O)N2CC(C)(c3ccccc3)C(c3ccc(Cl)cc3)=N2)ccc1C(F)(F)F. The number of thioether (sulfide) groups is 1. The van der Waals surface area contributed by atoms with Crippen LogP contribution in [0.15, 0.2) is 82.8 Å². The summed E-state index contributed by atoms with van der Waals surface area (Å²) < 4.78 is 39.6. The van der Waals surface area contributed by atoms with Crippen LogP contribution in [0.1, 0.15) is 23.6 Å². The predicted octanol–water partition coefficient (Wildman–Crippen LogP) is 7.29. The first-order valence-corrected chi connectivity index (χ1v) is 12.0. The first kappa shape index (κ1) is 24.2. The Labute approximate surface area is 204 Å². The molecule has 4 nitrogen and oxygen atoms in total. The van der Waals surface area contributed by atoms with Crippen molar-refractivity contribution < 1.29 is 18.0 Å². The van der Waals surface area contributed by atoms with Gasteiger partial charge in [0.05, 0.1) is 23.2 Å². The van der Waals surface area contributed by atoms with E-state index in [0.29, 0.717) is 10.7 Å². The number of nitrogens with one attached hydrogen (secondary N) is 1. The highest BCUT2D eigenvalue weighted by Crippen LogP contribution is 2.38. The standard InChI is InChI=1S/C25H21ClF3N3OS/c1-24(17-6-4-3-5-7-17)15-32(31-22(24)16-8-10-18(26)11-9-16)23(33)30-19-12-13-20(25(27,28)29)21(14-19)34-2/h3-14H,15H2,1-2H3,(H,30,33). The first-order chi connectivity index (χ1) is 16.1. The molecule has 0 saturated carbocycles. The van der Waals surface area contributed by atoms with Crippen molar-refractivity contribution in [1.82, 2.24) is 5.01 Å². The maximum absolute atomic E-state index is 13.2. The van der Waals surface area contributed by atoms with Gasteiger partial charge in [-0.05, 0) is 54.6 Å². The van der Waals surface area contributed by atoms with Crippen LogP contribution < -0.4 is 5.32 Å². The zero-order chi connectivity index (χ0) is 24.5. The van der Waals surface area contributed by atoms with E-state index >= 15 is 0 Å². The third-order valence-corrected chi connectivity index (χ3v) is 6.76. The van der Waals surface area contributed by atoms with Gasteiger partial charge in [-0.15, -0.1) is 11.8 Å². The van der Waals surface area contributed by atoms with E-state index in [-0.39, 0.29) is 17.1 Å². The van der Waals surface area contributed by atoms with Gasteiger partial charge < -0.3 is 5.32 Å². The summed E-state index contributed by atoms with van der Waals surface area (Å²) in [6.45, 7) is 2.27. The number of rotatable bonds is 4. The first-order valence-electron chi connectivity index (χ1n) is 10.4. The average Bonchev–Trinajstić information content (AvgIpc) is 3.18. The molecule has 0 aromatic heterocycles. The topological polar surface area (TPSA) is 44.7 Å². The number of alkyl halides is 3. The maximum Gasteiger partial charge on any atom is 0.417 e. The summed E-state index contributed by atoms with van der Waals surface area (Å²) in [7, 11) is 0. The monoisotopic (exact) mass is 503 g/mol. The molecule has 1 aliphatic heterocycles. The smallest absolute Gasteiger partial charge is 0.306 e. The Morgan fingerprint density at radius 2 is 1.76 bits per heavy atom. The van der Waals surface area contributed by atoms with Gasteiger partial charge in [-0.1, -0.05) is 54.1 Å². The van der Waals surface area contributed by atoms with Gasteiger partial charge in [0.25, 0.3) is 0 Å². The predicted molar refractivity (Wildman–Crippen MR) is 131 cm³/mol. The molecule has 0 saturated heterocycles. The number of hydrazone groups is 1. The van der Waals surface area contributed by atoms with E-state index in [9.17, 15) is 18.0 Å². The van der Waals surface area contributed by atoms with E-state index in [4.69, 9.17) is 11.6 Å². The second-order valence-corrected chi connectivity index (χ2v) is 9.34. The van der Waals surface area contributed by atoms with Crippen molar-refractivity contribution in [3.05, 3.63) is 94.5 Å². The van der Waals surface area contributed by atoms with Gasteiger partial charge in [0.2, 0.25) is 0 Å². The molecule has 0 spiro atoms. The molecule has 2 amide bonds. The molecule has 0 bridgehead atoms. The Morgan fingerprint density at radius 1 is 1.09 bits per heavy atom. The van der Waals surface area contributed by atoms with Crippen LogP contribution in [0.25, 0.3) is 0 Å². The molecule has 1 aliphatic rings. The van der Waals surface area contributed by atoms with E-state index < -0.39 is 23.2 Å². The quantitative estimate of drug-likeness (QED) is 0.380. The molecule has 1 unspecified atom stereocenters. The van der Waals surface area contributed by atoms with Crippen molar-refractivity contribution >= 4 is 40.8 Å². The van der Waals surface area contributed by atoms with Gasteiger partial charge in [0, 0.05) is 15.6 Å². The number of amides is 2. The molecule has 176 valence electrons. The lowest BCUT2D eigenvalue weighted by Gasteiger charge is -2.27. The number of hydrogen-bond donors (Lipinski definition) is 1. The summed E-state index contributed by atoms with van der Waals surface area (Å²) in [5.41, 5.74) is 1.43. The number of carbonyl (C=O) groups excluding carboxylic acids is 1. The number of benzene rings is 3. The highest BCUT2D eigenvalue weighted by atomic mass is 35.5. The molecule has 4 rings (SSSR count). The number of urea groups is 1. The molecule has 3 aromatic carbocycles. The van der Waals surface area contributed by atoms with Crippen LogP contribution in [-0.2, 0) is 11.6 Å². The highest BCUT2D eigenvalue weighted by molar-refractivity contribution is 7.98. The summed E-state index contributed by atoms with van der Waals surface area (Å²) >= 11 is 7.02. The number of hydrogen-bond acceptors (Lipinski definition) is 3. The van der Waals surface area contributed by atoms with Gasteiger partial charge in [-0.25, -0.2) is 9.80 Å². The molecular formula is C25H21ClF3N3OS. The van der Waals surface area contributed by atoms with Gasteiger partial charge in [-0.2, -0.15) is 18.3 Å². The van der Waals surface area contributed by atoms with Crippen LogP contribution in [0, 0.1) is 0 Å². The minimum Gasteiger partial charge on any atom is -0.306 e. The van der Waals surface area contributed by atoms with Crippen LogP contribution in [0.5, 0.6) is 0 Å². The van der Waals surface area contributed by atoms with Crippen LogP contribution in [0.3, 0.4) is 0 Å². The largest absolute Gasteiger partial charge is 0.417 e. The third-order valence-electron chi connectivity index (χ3n) is 5.73. The Morgan fingerprint density at radius 3 is 2.38 bits per heavy atom. The average molecular weight is 504 g/mol. The molecule has 34 heavy (non-hydrogen) atoms. The molecule has 0 radical (unpaired) electrons. The van der Waals surface area contributed by atoms with E-state index in [2.05, 4.69) is 10.4 Å². The van der Waals surface area contributed by atoms with Crippen LogP contribution in [-0.4, -0.2) is 29.6 Å². The minimum absolute atomic E-state index is 0.0335. The lowest BCUT2D eigenvalue weighted by molar-refractivity contribution is -0.139. The summed E-state index contributed by atoms with van der Waals surface area (Å²) in [6, 6.07) is 20.0. The number of halogens is 4. The molecule has 0 fully saturated rings. The normalized spacial score (nSPS) is 18.1. The maximum atomic E-state index is 13.2. The Hall–Kier alpha value is -2.97. The Balaban J connectivity index is 1.65. The van der Waals surface area contributed by atoms with E-state index in [1.165, 1.54) is 17.1 Å². The van der Waals surface area contributed by atoms with Gasteiger partial charge >= 0.3 is 12.2 Å². The van der Waals surface area contributed by atoms with Crippen molar-refractivity contribution in [2.45, 2.75) is 23.4 Å². The fourth-order valence-electron chi connectivity index (χ4n) is 3.97. The minimum atomic E-state index is -4.47. The summed E-state index contributed by atoms with van der Waals surface area (Å²) in [6.07, 6.45) is -2.91. The summed E-state index contributed by atoms with van der Waals surface area (Å²) in [5.74, 6) is 0. The number of nitrogens with zero attached hydrogens (tertiary/aromatic N) is 2. The van der Waals surface area contributed by atoms with E-state index in [1.807, 2.05) is 49.4 Å². The van der Waals surface area contributed by atoms with Crippen molar-refractivity contribution in [1.29, 1.82) is 0 Å². The molecule has 0 aliphatic carbocycles. The summed E-state index contributed by atoms with van der Waals surface area (Å²) in [5, 5.41) is 9.21. The van der Waals surface area contributed by atoms with Crippen molar-refractivity contribution in [2.75, 3.05) is 18.1 Å². The fraction of sp³-hybridized carbons (Fsp3) is 0.200. The second kappa shape index (κ2) is 9.35. The van der Waals surface area contributed by atoms with Crippen LogP contribution in [0.4, 0.5) is 23.7 Å². The van der Waals surface area contributed by atoms with Gasteiger partial charge in [-0.3, -0.25) is 0 Å². The highest BCUT2D eigenvalue weighted by Gasteiger charge is 2.43. The van der Waals surface area contributed by atoms with Crippen LogP contribution in [0.2, 0.25) is 5.02 Å². The van der Waals surface area contributed by atoms with Crippen molar-refractivity contribution in [3.8, 4) is 0 Å². The summed E-state index contributed by atoms with van der Waals surface area (Å²) in [4.78, 5) is 13.1. The molecule has 9 heteroatoms. The third kappa shape index (κ3) is 4.79. The van der Waals surface area contributed by atoms with Crippen LogP contribution >= 0.6 is 23.4 Å². The fourth-order valence-corrected chi connectivity index (χ4v) is 4.74. The molecule has 3 aromatic rings. The number of carbonyl (C=O) groups is 1. The van der Waals surface area contributed by atoms with Gasteiger partial charge in [0.15, 0.2) is 0 Å². The van der Waals surface area contributed by atoms with Gasteiger partial charge in [0.1, 0.15) is 0 Å². The van der Waals surface area contributed by atoms with E-state index in [0.717, 1.165) is 29.0 Å². The zero-order valence-electron chi connectivity index (χ0n) is 18.4. The zero-order valence-corrected chi connectivity index (χ0v) is 19.9. The lowest BCUT2D eigenvalue weighted by atomic mass is 9.76. The van der Waals surface area contributed by atoms with E-state index in [1.54, 1.807) is 18.4 Å².